The third kappa shape index (κ3) is 4.31. The van der Waals surface area contributed by atoms with Crippen molar-refractivity contribution in [2.75, 3.05) is 7.05 Å². The highest BCUT2D eigenvalue weighted by Gasteiger charge is 2.36. The number of hydrogen-bond acceptors (Lipinski definition) is 3. The number of nitrogens with zero attached hydrogens (tertiary/aromatic N) is 1. The van der Waals surface area contributed by atoms with E-state index in [4.69, 9.17) is 0 Å². The van der Waals surface area contributed by atoms with Gasteiger partial charge in [0.1, 0.15) is 0 Å². The standard InChI is InChI=1S/C19H31N3OS/c1-13(2)10-17(18-8-5-9-24-18)21-19(23)20-14-11-15-6-4-7-16(12-14)22(15)3/h5,8-9,13-17H,4,6-7,10-12H2,1-3H3,(H2,20,21,23)/t14?,15-,16+,17-/m1/s1. The van der Waals surface area contributed by atoms with Crippen LogP contribution >= 0.6 is 11.3 Å². The molecule has 1 aromatic heterocycles. The Balaban J connectivity index is 1.56. The van der Waals surface area contributed by atoms with Crippen molar-refractivity contribution in [3.05, 3.63) is 22.4 Å². The first-order valence-electron chi connectivity index (χ1n) is 9.35. The minimum atomic E-state index is 0.00155. The lowest BCUT2D eigenvalue weighted by molar-refractivity contribution is 0.0508. The van der Waals surface area contributed by atoms with E-state index in [-0.39, 0.29) is 12.1 Å². The number of piperidine rings is 2. The fraction of sp³-hybridized carbons (Fsp3) is 0.737. The summed E-state index contributed by atoms with van der Waals surface area (Å²) in [4.78, 5) is 16.4. The summed E-state index contributed by atoms with van der Waals surface area (Å²) in [6.07, 6.45) is 7.05. The van der Waals surface area contributed by atoms with Crippen molar-refractivity contribution in [1.82, 2.24) is 15.5 Å². The Morgan fingerprint density at radius 2 is 2.04 bits per heavy atom. The maximum atomic E-state index is 12.6. The number of hydrogen-bond donors (Lipinski definition) is 2. The Hall–Kier alpha value is -1.07. The Morgan fingerprint density at radius 3 is 2.62 bits per heavy atom. The SMILES string of the molecule is CC(C)C[C@@H](NC(=O)NC1C[C@H]2CCC[C@@H](C1)N2C)c1cccs1. The molecule has 2 aliphatic heterocycles. The number of amides is 2. The van der Waals surface area contributed by atoms with Gasteiger partial charge in [-0.15, -0.1) is 11.3 Å². The van der Waals surface area contributed by atoms with Crippen LogP contribution in [0.2, 0.25) is 0 Å². The summed E-state index contributed by atoms with van der Waals surface area (Å²) in [6.45, 7) is 4.41. The minimum absolute atomic E-state index is 0.00155. The van der Waals surface area contributed by atoms with Crippen LogP contribution in [0, 0.1) is 5.92 Å². The lowest BCUT2D eigenvalue weighted by atomic mass is 9.82. The lowest BCUT2D eigenvalue weighted by Gasteiger charge is -2.47. The van der Waals surface area contributed by atoms with Crippen molar-refractivity contribution in [3.63, 3.8) is 0 Å². The topological polar surface area (TPSA) is 44.4 Å². The average Bonchev–Trinajstić information content (AvgIpc) is 3.01. The van der Waals surface area contributed by atoms with Crippen LogP contribution in [0.3, 0.4) is 0 Å². The Labute approximate surface area is 150 Å². The van der Waals surface area contributed by atoms with Gasteiger partial charge in [-0.05, 0) is 56.5 Å². The van der Waals surface area contributed by atoms with Gasteiger partial charge in [-0.2, -0.15) is 0 Å². The predicted molar refractivity (Wildman–Crippen MR) is 100 cm³/mol. The molecule has 0 radical (unpaired) electrons. The van der Waals surface area contributed by atoms with E-state index < -0.39 is 0 Å². The highest BCUT2D eigenvalue weighted by Crippen LogP contribution is 2.32. The van der Waals surface area contributed by atoms with E-state index in [2.05, 4.69) is 53.9 Å². The third-order valence-electron chi connectivity index (χ3n) is 5.57. The summed E-state index contributed by atoms with van der Waals surface area (Å²) < 4.78 is 0. The van der Waals surface area contributed by atoms with Crippen molar-refractivity contribution in [3.8, 4) is 0 Å². The van der Waals surface area contributed by atoms with E-state index in [0.717, 1.165) is 19.3 Å². The number of nitrogens with one attached hydrogen (secondary N) is 2. The van der Waals surface area contributed by atoms with Gasteiger partial charge in [0.05, 0.1) is 6.04 Å². The van der Waals surface area contributed by atoms with E-state index in [1.807, 2.05) is 0 Å². The van der Waals surface area contributed by atoms with Gasteiger partial charge in [-0.25, -0.2) is 4.79 Å². The van der Waals surface area contributed by atoms with E-state index in [1.54, 1.807) is 11.3 Å². The second-order valence-electron chi connectivity index (χ2n) is 7.89. The molecule has 2 aliphatic rings. The summed E-state index contributed by atoms with van der Waals surface area (Å²) in [5.74, 6) is 0.556. The van der Waals surface area contributed by atoms with Crippen molar-refractivity contribution < 1.29 is 4.79 Å². The molecule has 0 spiro atoms. The van der Waals surface area contributed by atoms with Crippen LogP contribution in [0.5, 0.6) is 0 Å². The summed E-state index contributed by atoms with van der Waals surface area (Å²) >= 11 is 1.73. The molecule has 2 saturated heterocycles. The molecular formula is C19H31N3OS. The van der Waals surface area contributed by atoms with E-state index in [9.17, 15) is 4.79 Å². The minimum Gasteiger partial charge on any atom is -0.335 e. The second kappa shape index (κ2) is 7.87. The number of thiophene rings is 1. The molecule has 5 heteroatoms. The number of fused-ring (bicyclic) bond motifs is 2. The summed E-state index contributed by atoms with van der Waals surface area (Å²) in [6, 6.07) is 5.92. The molecule has 0 saturated carbocycles. The molecule has 4 nitrogen and oxygen atoms in total. The number of carbonyl (C=O) groups is 1. The molecule has 1 unspecified atom stereocenters. The zero-order valence-electron chi connectivity index (χ0n) is 15.1. The van der Waals surface area contributed by atoms with Gasteiger partial charge in [-0.3, -0.25) is 0 Å². The number of carbonyl (C=O) groups excluding carboxylic acids is 1. The quantitative estimate of drug-likeness (QED) is 0.839. The molecule has 2 bridgehead atoms. The molecular weight excluding hydrogens is 318 g/mol. The van der Waals surface area contributed by atoms with Crippen molar-refractivity contribution in [2.24, 2.45) is 5.92 Å². The van der Waals surface area contributed by atoms with Crippen molar-refractivity contribution in [1.29, 1.82) is 0 Å². The predicted octanol–water partition coefficient (Wildman–Crippen LogP) is 4.15. The summed E-state index contributed by atoms with van der Waals surface area (Å²) in [5.41, 5.74) is 0. The Bertz CT molecular complexity index is 517. The van der Waals surface area contributed by atoms with E-state index >= 15 is 0 Å². The van der Waals surface area contributed by atoms with Gasteiger partial charge < -0.3 is 15.5 Å². The highest BCUT2D eigenvalue weighted by atomic mass is 32.1. The molecule has 134 valence electrons. The van der Waals surface area contributed by atoms with Gasteiger partial charge >= 0.3 is 6.03 Å². The number of urea groups is 1. The van der Waals surface area contributed by atoms with Gasteiger partial charge in [0.2, 0.25) is 0 Å². The van der Waals surface area contributed by atoms with Crippen LogP contribution in [0.15, 0.2) is 17.5 Å². The smallest absolute Gasteiger partial charge is 0.315 e. The summed E-state index contributed by atoms with van der Waals surface area (Å²) in [5, 5.41) is 8.57. The normalized spacial score (nSPS) is 28.6. The molecule has 2 amide bonds. The molecule has 3 rings (SSSR count). The Kier molecular flexibility index (Phi) is 5.82. The van der Waals surface area contributed by atoms with Crippen LogP contribution in [0.25, 0.3) is 0 Å². The molecule has 24 heavy (non-hydrogen) atoms. The second-order valence-corrected chi connectivity index (χ2v) is 8.87. The highest BCUT2D eigenvalue weighted by molar-refractivity contribution is 7.10. The van der Waals surface area contributed by atoms with Gasteiger partial charge in [0.25, 0.3) is 0 Å². The Morgan fingerprint density at radius 1 is 1.33 bits per heavy atom. The average molecular weight is 350 g/mol. The van der Waals surface area contributed by atoms with Gasteiger partial charge in [0.15, 0.2) is 0 Å². The molecule has 2 fully saturated rings. The van der Waals surface area contributed by atoms with Crippen LogP contribution in [0.1, 0.15) is 63.3 Å². The zero-order chi connectivity index (χ0) is 17.1. The summed E-state index contributed by atoms with van der Waals surface area (Å²) in [7, 11) is 2.25. The van der Waals surface area contributed by atoms with Crippen molar-refractivity contribution >= 4 is 17.4 Å². The third-order valence-corrected chi connectivity index (χ3v) is 6.56. The van der Waals surface area contributed by atoms with Crippen LogP contribution < -0.4 is 10.6 Å². The fourth-order valence-electron chi connectivity index (χ4n) is 4.33. The maximum Gasteiger partial charge on any atom is 0.315 e. The fourth-order valence-corrected chi connectivity index (χ4v) is 5.12. The first-order valence-corrected chi connectivity index (χ1v) is 10.2. The molecule has 0 aliphatic carbocycles. The molecule has 2 N–H and O–H groups in total. The lowest BCUT2D eigenvalue weighted by Crippen LogP contribution is -2.56. The van der Waals surface area contributed by atoms with Crippen LogP contribution in [-0.2, 0) is 0 Å². The van der Waals surface area contributed by atoms with Gasteiger partial charge in [-0.1, -0.05) is 26.3 Å². The molecule has 3 heterocycles. The van der Waals surface area contributed by atoms with Crippen molar-refractivity contribution in [2.45, 2.75) is 76.5 Å². The molecule has 1 aromatic rings. The van der Waals surface area contributed by atoms with E-state index in [1.165, 1.54) is 24.1 Å². The first kappa shape index (κ1) is 17.7. The maximum absolute atomic E-state index is 12.6. The van der Waals surface area contributed by atoms with Crippen LogP contribution in [0.4, 0.5) is 4.79 Å². The van der Waals surface area contributed by atoms with Gasteiger partial charge in [0, 0.05) is 23.0 Å². The monoisotopic (exact) mass is 349 g/mol. The molecule has 0 aromatic carbocycles. The number of rotatable bonds is 5. The zero-order valence-corrected chi connectivity index (χ0v) is 15.9. The van der Waals surface area contributed by atoms with Crippen LogP contribution in [-0.4, -0.2) is 36.1 Å². The molecule has 4 atom stereocenters. The largest absolute Gasteiger partial charge is 0.335 e. The first-order chi connectivity index (χ1) is 11.5. The van der Waals surface area contributed by atoms with E-state index in [0.29, 0.717) is 24.0 Å².